The third kappa shape index (κ3) is 2.48. The van der Waals surface area contributed by atoms with Crippen LogP contribution in [0.1, 0.15) is 56.2 Å². The number of carbonyl (C=O) groups excluding carboxylic acids is 1. The highest BCUT2D eigenvalue weighted by Crippen LogP contribution is 2.34. The number of imidazole rings is 1. The molecular weight excluding hydrogens is 264 g/mol. The highest BCUT2D eigenvalue weighted by molar-refractivity contribution is 5.98. The highest BCUT2D eigenvalue weighted by atomic mass is 16.1. The zero-order valence-corrected chi connectivity index (χ0v) is 12.9. The van der Waals surface area contributed by atoms with E-state index in [4.69, 9.17) is 0 Å². The van der Waals surface area contributed by atoms with Crippen LogP contribution in [0.3, 0.4) is 0 Å². The SMILES string of the molecule is CC(C)n1cncc1-c1ncc2c(n1)CC(C)(C)CC2=O. The van der Waals surface area contributed by atoms with E-state index < -0.39 is 0 Å². The molecule has 0 bridgehead atoms. The number of fused-ring (bicyclic) bond motifs is 1. The Bertz CT molecular complexity index is 700. The molecule has 0 aliphatic heterocycles. The molecule has 0 radical (unpaired) electrons. The second-order valence-corrected chi connectivity index (χ2v) is 6.77. The maximum absolute atomic E-state index is 12.2. The van der Waals surface area contributed by atoms with Crippen LogP contribution < -0.4 is 0 Å². The van der Waals surface area contributed by atoms with Gasteiger partial charge >= 0.3 is 0 Å². The van der Waals surface area contributed by atoms with Crippen molar-refractivity contribution in [2.75, 3.05) is 0 Å². The van der Waals surface area contributed by atoms with Crippen LogP contribution in [0, 0.1) is 5.41 Å². The first-order chi connectivity index (χ1) is 9.87. The predicted molar refractivity (Wildman–Crippen MR) is 80.1 cm³/mol. The number of hydrogen-bond donors (Lipinski definition) is 0. The first-order valence-electron chi connectivity index (χ1n) is 7.29. The summed E-state index contributed by atoms with van der Waals surface area (Å²) in [5.74, 6) is 0.788. The van der Waals surface area contributed by atoms with Crippen molar-refractivity contribution in [2.45, 2.75) is 46.6 Å². The summed E-state index contributed by atoms with van der Waals surface area (Å²) in [6.45, 7) is 8.40. The van der Waals surface area contributed by atoms with Gasteiger partial charge in [0.15, 0.2) is 11.6 Å². The van der Waals surface area contributed by atoms with Gasteiger partial charge in [0.2, 0.25) is 0 Å². The number of aromatic nitrogens is 4. The lowest BCUT2D eigenvalue weighted by Gasteiger charge is -2.29. The zero-order valence-electron chi connectivity index (χ0n) is 12.9. The summed E-state index contributed by atoms with van der Waals surface area (Å²) >= 11 is 0. The van der Waals surface area contributed by atoms with Crippen molar-refractivity contribution in [3.8, 4) is 11.5 Å². The molecule has 5 nitrogen and oxygen atoms in total. The maximum atomic E-state index is 12.2. The van der Waals surface area contributed by atoms with E-state index in [0.29, 0.717) is 23.9 Å². The molecule has 110 valence electrons. The smallest absolute Gasteiger partial charge is 0.178 e. The molecule has 1 aliphatic rings. The van der Waals surface area contributed by atoms with Crippen molar-refractivity contribution in [3.05, 3.63) is 30.0 Å². The largest absolute Gasteiger partial charge is 0.325 e. The molecule has 0 aromatic carbocycles. The average molecular weight is 284 g/mol. The summed E-state index contributed by atoms with van der Waals surface area (Å²) in [5.41, 5.74) is 2.39. The Morgan fingerprint density at radius 1 is 1.24 bits per heavy atom. The van der Waals surface area contributed by atoms with Crippen LogP contribution in [-0.4, -0.2) is 25.3 Å². The van der Waals surface area contributed by atoms with Gasteiger partial charge in [-0.3, -0.25) is 4.79 Å². The topological polar surface area (TPSA) is 60.7 Å². The van der Waals surface area contributed by atoms with E-state index in [1.165, 1.54) is 0 Å². The highest BCUT2D eigenvalue weighted by Gasteiger charge is 2.32. The minimum atomic E-state index is -0.0337. The molecule has 3 rings (SSSR count). The number of hydrogen-bond acceptors (Lipinski definition) is 4. The van der Waals surface area contributed by atoms with E-state index in [1.807, 2.05) is 4.57 Å². The number of rotatable bonds is 2. The van der Waals surface area contributed by atoms with Crippen LogP contribution in [0.5, 0.6) is 0 Å². The Kier molecular flexibility index (Phi) is 3.15. The Morgan fingerprint density at radius 3 is 2.71 bits per heavy atom. The molecule has 0 amide bonds. The quantitative estimate of drug-likeness (QED) is 0.850. The second-order valence-electron chi connectivity index (χ2n) is 6.77. The summed E-state index contributed by atoms with van der Waals surface area (Å²) in [5, 5.41) is 0. The monoisotopic (exact) mass is 284 g/mol. The fraction of sp³-hybridized carbons (Fsp3) is 0.500. The van der Waals surface area contributed by atoms with E-state index in [2.05, 4.69) is 42.6 Å². The standard InChI is InChI=1S/C16H20N4O/c1-10(2)20-9-17-8-13(20)15-18-7-11-12(19-15)5-16(3,4)6-14(11)21/h7-10H,5-6H2,1-4H3. The maximum Gasteiger partial charge on any atom is 0.178 e. The molecule has 0 unspecified atom stereocenters. The van der Waals surface area contributed by atoms with Gasteiger partial charge < -0.3 is 4.57 Å². The van der Waals surface area contributed by atoms with Gasteiger partial charge in [-0.25, -0.2) is 15.0 Å². The molecule has 0 N–H and O–H groups in total. The van der Waals surface area contributed by atoms with Crippen LogP contribution in [0.2, 0.25) is 0 Å². The Hall–Kier alpha value is -2.04. The molecule has 0 saturated heterocycles. The van der Waals surface area contributed by atoms with Crippen LogP contribution in [0.15, 0.2) is 18.7 Å². The molecule has 2 heterocycles. The lowest BCUT2D eigenvalue weighted by molar-refractivity contribution is 0.0909. The second kappa shape index (κ2) is 4.76. The predicted octanol–water partition coefficient (Wildman–Crippen LogP) is 3.08. The zero-order chi connectivity index (χ0) is 15.2. The van der Waals surface area contributed by atoms with Gasteiger partial charge in [0.25, 0.3) is 0 Å². The van der Waals surface area contributed by atoms with Crippen molar-refractivity contribution in [1.82, 2.24) is 19.5 Å². The fourth-order valence-electron chi connectivity index (χ4n) is 2.84. The molecular formula is C16H20N4O. The molecule has 0 atom stereocenters. The molecule has 2 aromatic rings. The van der Waals surface area contributed by atoms with Gasteiger partial charge in [0, 0.05) is 18.7 Å². The van der Waals surface area contributed by atoms with Gasteiger partial charge in [-0.05, 0) is 25.7 Å². The van der Waals surface area contributed by atoms with Crippen molar-refractivity contribution in [1.29, 1.82) is 0 Å². The van der Waals surface area contributed by atoms with Gasteiger partial charge in [-0.15, -0.1) is 0 Å². The van der Waals surface area contributed by atoms with Crippen LogP contribution in [0.25, 0.3) is 11.5 Å². The van der Waals surface area contributed by atoms with Crippen molar-refractivity contribution in [3.63, 3.8) is 0 Å². The number of Topliss-reactive ketones (excluding diaryl/α,β-unsaturated/α-hetero) is 1. The summed E-state index contributed by atoms with van der Waals surface area (Å²) in [6.07, 6.45) is 6.61. The van der Waals surface area contributed by atoms with Crippen molar-refractivity contribution >= 4 is 5.78 Å². The fourth-order valence-corrected chi connectivity index (χ4v) is 2.84. The molecule has 2 aromatic heterocycles. The van der Waals surface area contributed by atoms with Gasteiger partial charge in [-0.2, -0.15) is 0 Å². The average Bonchev–Trinajstić information content (AvgIpc) is 2.85. The molecule has 0 saturated carbocycles. The molecule has 0 fully saturated rings. The number of ketones is 1. The van der Waals surface area contributed by atoms with E-state index in [1.54, 1.807) is 18.7 Å². The van der Waals surface area contributed by atoms with Crippen LogP contribution >= 0.6 is 0 Å². The first kappa shape index (κ1) is 13.9. The molecule has 0 spiro atoms. The molecule has 5 heteroatoms. The van der Waals surface area contributed by atoms with E-state index in [9.17, 15) is 4.79 Å². The van der Waals surface area contributed by atoms with Crippen LogP contribution in [0.4, 0.5) is 0 Å². The Balaban J connectivity index is 2.07. The Labute approximate surface area is 124 Å². The summed E-state index contributed by atoms with van der Waals surface area (Å²) in [7, 11) is 0. The van der Waals surface area contributed by atoms with E-state index in [-0.39, 0.29) is 11.2 Å². The summed E-state index contributed by atoms with van der Waals surface area (Å²) < 4.78 is 2.04. The number of nitrogens with zero attached hydrogens (tertiary/aromatic N) is 4. The van der Waals surface area contributed by atoms with Gasteiger partial charge in [0.1, 0.15) is 5.69 Å². The third-order valence-corrected chi connectivity index (χ3v) is 3.90. The minimum Gasteiger partial charge on any atom is -0.325 e. The lowest BCUT2D eigenvalue weighted by Crippen LogP contribution is -2.28. The van der Waals surface area contributed by atoms with Crippen LogP contribution in [-0.2, 0) is 6.42 Å². The molecule has 1 aliphatic carbocycles. The van der Waals surface area contributed by atoms with Gasteiger partial charge in [-0.1, -0.05) is 13.8 Å². The molecule has 21 heavy (non-hydrogen) atoms. The van der Waals surface area contributed by atoms with Gasteiger partial charge in [0.05, 0.1) is 23.8 Å². The van der Waals surface area contributed by atoms with Crippen molar-refractivity contribution < 1.29 is 4.79 Å². The summed E-state index contributed by atoms with van der Waals surface area (Å²) in [4.78, 5) is 25.4. The van der Waals surface area contributed by atoms with E-state index >= 15 is 0 Å². The van der Waals surface area contributed by atoms with Crippen molar-refractivity contribution in [2.24, 2.45) is 5.41 Å². The third-order valence-electron chi connectivity index (χ3n) is 3.90. The normalized spacial score (nSPS) is 17.1. The number of carbonyl (C=O) groups is 1. The Morgan fingerprint density at radius 2 is 2.00 bits per heavy atom. The van der Waals surface area contributed by atoms with E-state index in [0.717, 1.165) is 17.8 Å². The minimum absolute atomic E-state index is 0.0337. The lowest BCUT2D eigenvalue weighted by atomic mass is 9.76. The first-order valence-corrected chi connectivity index (χ1v) is 7.29. The summed E-state index contributed by atoms with van der Waals surface area (Å²) in [6, 6.07) is 0.292.